The summed E-state index contributed by atoms with van der Waals surface area (Å²) in [5.41, 5.74) is 6.46. The molecule has 1 amide bonds. The SMILES string of the molecule is CNC(=O)C1=CN(Cc2ccc(Cl)cc2Cl)NC(c2ccc(OC)cc2)=C1. The number of hydrazine groups is 1. The highest BCUT2D eigenvalue weighted by atomic mass is 35.5. The van der Waals surface area contributed by atoms with Crippen LogP contribution in [0.25, 0.3) is 5.70 Å². The molecule has 0 atom stereocenters. The molecule has 2 aromatic rings. The summed E-state index contributed by atoms with van der Waals surface area (Å²) >= 11 is 12.3. The van der Waals surface area contributed by atoms with E-state index in [1.807, 2.05) is 35.3 Å². The number of likely N-dealkylation sites (N-methyl/N-ethyl adjacent to an activating group) is 1. The molecule has 27 heavy (non-hydrogen) atoms. The predicted molar refractivity (Wildman–Crippen MR) is 108 cm³/mol. The average molecular weight is 404 g/mol. The van der Waals surface area contributed by atoms with Gasteiger partial charge in [-0.3, -0.25) is 15.2 Å². The van der Waals surface area contributed by atoms with Gasteiger partial charge >= 0.3 is 0 Å². The van der Waals surface area contributed by atoms with Gasteiger partial charge in [0.05, 0.1) is 24.9 Å². The predicted octanol–water partition coefficient (Wildman–Crippen LogP) is 3.99. The molecule has 0 saturated carbocycles. The summed E-state index contributed by atoms with van der Waals surface area (Å²) in [5.74, 6) is 0.594. The van der Waals surface area contributed by atoms with Gasteiger partial charge < -0.3 is 10.1 Å². The van der Waals surface area contributed by atoms with Crippen LogP contribution in [0.3, 0.4) is 0 Å². The van der Waals surface area contributed by atoms with Gasteiger partial charge in [-0.15, -0.1) is 0 Å². The first kappa shape index (κ1) is 19.1. The molecular formula is C20H19Cl2N3O2. The molecular weight excluding hydrogens is 385 g/mol. The highest BCUT2D eigenvalue weighted by Gasteiger charge is 2.18. The lowest BCUT2D eigenvalue weighted by Crippen LogP contribution is -2.36. The topological polar surface area (TPSA) is 53.6 Å². The smallest absolute Gasteiger partial charge is 0.252 e. The van der Waals surface area contributed by atoms with Crippen molar-refractivity contribution in [2.45, 2.75) is 6.54 Å². The van der Waals surface area contributed by atoms with Crippen LogP contribution < -0.4 is 15.5 Å². The van der Waals surface area contributed by atoms with Crippen molar-refractivity contribution < 1.29 is 9.53 Å². The van der Waals surface area contributed by atoms with E-state index >= 15 is 0 Å². The van der Waals surface area contributed by atoms with Crippen LogP contribution in [0.2, 0.25) is 10.0 Å². The number of ether oxygens (including phenoxy) is 1. The summed E-state index contributed by atoms with van der Waals surface area (Å²) in [6, 6.07) is 13.0. The van der Waals surface area contributed by atoms with E-state index in [0.29, 0.717) is 22.2 Å². The molecule has 1 heterocycles. The number of nitrogens with one attached hydrogen (secondary N) is 2. The van der Waals surface area contributed by atoms with Gasteiger partial charge in [0.15, 0.2) is 0 Å². The highest BCUT2D eigenvalue weighted by molar-refractivity contribution is 6.35. The highest BCUT2D eigenvalue weighted by Crippen LogP contribution is 2.25. The third-order valence-corrected chi connectivity index (χ3v) is 4.69. The summed E-state index contributed by atoms with van der Waals surface area (Å²) in [4.78, 5) is 12.2. The van der Waals surface area contributed by atoms with E-state index in [4.69, 9.17) is 27.9 Å². The monoisotopic (exact) mass is 403 g/mol. The van der Waals surface area contributed by atoms with E-state index in [1.54, 1.807) is 38.6 Å². The number of methoxy groups -OCH3 is 1. The summed E-state index contributed by atoms with van der Waals surface area (Å²) in [6.45, 7) is 0.462. The molecule has 1 aliphatic rings. The van der Waals surface area contributed by atoms with Crippen molar-refractivity contribution in [3.63, 3.8) is 0 Å². The maximum absolute atomic E-state index is 12.2. The van der Waals surface area contributed by atoms with Gasteiger partial charge in [-0.05, 0) is 53.6 Å². The molecule has 0 unspecified atom stereocenters. The lowest BCUT2D eigenvalue weighted by Gasteiger charge is -2.29. The van der Waals surface area contributed by atoms with E-state index in [2.05, 4.69) is 10.7 Å². The van der Waals surface area contributed by atoms with Crippen LogP contribution in [-0.2, 0) is 11.3 Å². The maximum Gasteiger partial charge on any atom is 0.252 e. The van der Waals surface area contributed by atoms with Crippen LogP contribution in [0.1, 0.15) is 11.1 Å². The van der Waals surface area contributed by atoms with Gasteiger partial charge in [-0.25, -0.2) is 0 Å². The van der Waals surface area contributed by atoms with E-state index in [0.717, 1.165) is 22.6 Å². The number of benzene rings is 2. The minimum absolute atomic E-state index is 0.172. The zero-order valence-electron chi connectivity index (χ0n) is 14.9. The first-order valence-corrected chi connectivity index (χ1v) is 9.03. The second-order valence-electron chi connectivity index (χ2n) is 5.93. The average Bonchev–Trinajstić information content (AvgIpc) is 2.69. The van der Waals surface area contributed by atoms with Crippen LogP contribution in [-0.4, -0.2) is 25.1 Å². The van der Waals surface area contributed by atoms with Crippen molar-refractivity contribution >= 4 is 34.8 Å². The molecule has 1 aliphatic heterocycles. The molecule has 0 aromatic heterocycles. The third-order valence-electron chi connectivity index (χ3n) is 4.10. The molecule has 0 aliphatic carbocycles. The third kappa shape index (κ3) is 4.56. The standard InChI is InChI=1S/C20H19Cl2N3O2/c1-23-20(26)15-9-19(13-4-7-17(27-2)8-5-13)24-25(12-15)11-14-3-6-16(21)10-18(14)22/h3-10,12,24H,11H2,1-2H3,(H,23,26). The van der Waals surface area contributed by atoms with Gasteiger partial charge in [0.2, 0.25) is 0 Å². The van der Waals surface area contributed by atoms with Crippen LogP contribution in [0.15, 0.2) is 60.3 Å². The number of carbonyl (C=O) groups excluding carboxylic acids is 1. The summed E-state index contributed by atoms with van der Waals surface area (Å²) in [5, 5.41) is 5.63. The Balaban J connectivity index is 1.90. The van der Waals surface area contributed by atoms with Crippen molar-refractivity contribution in [1.29, 1.82) is 0 Å². The molecule has 0 saturated heterocycles. The largest absolute Gasteiger partial charge is 0.497 e. The molecule has 140 valence electrons. The molecule has 3 rings (SSSR count). The number of hydrogen-bond acceptors (Lipinski definition) is 4. The minimum atomic E-state index is -0.172. The van der Waals surface area contributed by atoms with E-state index in [9.17, 15) is 4.79 Å². The fraction of sp³-hybridized carbons (Fsp3) is 0.150. The van der Waals surface area contributed by atoms with Gasteiger partial charge in [-0.2, -0.15) is 0 Å². The second-order valence-corrected chi connectivity index (χ2v) is 6.77. The summed E-state index contributed by atoms with van der Waals surface area (Å²) in [7, 11) is 3.23. The normalized spacial score (nSPS) is 13.4. The van der Waals surface area contributed by atoms with Crippen LogP contribution in [0.4, 0.5) is 0 Å². The number of hydrogen-bond donors (Lipinski definition) is 2. The Kier molecular flexibility index (Phi) is 5.94. The number of halogens is 2. The fourth-order valence-electron chi connectivity index (χ4n) is 2.69. The molecule has 0 radical (unpaired) electrons. The molecule has 2 N–H and O–H groups in total. The Hall–Kier alpha value is -2.63. The Morgan fingerprint density at radius 1 is 1.19 bits per heavy atom. The molecule has 5 nitrogen and oxygen atoms in total. The summed E-state index contributed by atoms with van der Waals surface area (Å²) < 4.78 is 5.20. The Bertz CT molecular complexity index is 908. The van der Waals surface area contributed by atoms with E-state index in [1.165, 1.54) is 0 Å². The lowest BCUT2D eigenvalue weighted by molar-refractivity contribution is -0.116. The lowest BCUT2D eigenvalue weighted by atomic mass is 10.1. The number of carbonyl (C=O) groups is 1. The first-order chi connectivity index (χ1) is 13.0. The first-order valence-electron chi connectivity index (χ1n) is 8.27. The van der Waals surface area contributed by atoms with Crippen LogP contribution >= 0.6 is 23.2 Å². The van der Waals surface area contributed by atoms with E-state index < -0.39 is 0 Å². The Morgan fingerprint density at radius 3 is 2.56 bits per heavy atom. The Labute approximate surface area is 168 Å². The number of amides is 1. The Morgan fingerprint density at radius 2 is 1.93 bits per heavy atom. The van der Waals surface area contributed by atoms with Gasteiger partial charge in [-0.1, -0.05) is 29.3 Å². The van der Waals surface area contributed by atoms with Crippen molar-refractivity contribution in [1.82, 2.24) is 15.8 Å². The molecule has 0 spiro atoms. The van der Waals surface area contributed by atoms with Crippen molar-refractivity contribution in [2.24, 2.45) is 0 Å². The minimum Gasteiger partial charge on any atom is -0.497 e. The number of rotatable bonds is 5. The van der Waals surface area contributed by atoms with Gasteiger partial charge in [0.25, 0.3) is 5.91 Å². The van der Waals surface area contributed by atoms with Crippen molar-refractivity contribution in [2.75, 3.05) is 14.2 Å². The fourth-order valence-corrected chi connectivity index (χ4v) is 3.15. The van der Waals surface area contributed by atoms with Crippen molar-refractivity contribution in [3.8, 4) is 5.75 Å². The van der Waals surface area contributed by atoms with E-state index in [-0.39, 0.29) is 5.91 Å². The molecule has 0 fully saturated rings. The van der Waals surface area contributed by atoms with Gasteiger partial charge in [0, 0.05) is 23.3 Å². The zero-order valence-corrected chi connectivity index (χ0v) is 16.4. The molecule has 7 heteroatoms. The zero-order chi connectivity index (χ0) is 19.4. The quantitative estimate of drug-likeness (QED) is 0.792. The number of nitrogens with zero attached hydrogens (tertiary/aromatic N) is 1. The summed E-state index contributed by atoms with van der Waals surface area (Å²) in [6.07, 6.45) is 3.55. The van der Waals surface area contributed by atoms with Crippen molar-refractivity contribution in [3.05, 3.63) is 81.5 Å². The molecule has 0 bridgehead atoms. The second kappa shape index (κ2) is 8.37. The maximum atomic E-state index is 12.2. The van der Waals surface area contributed by atoms with Crippen LogP contribution in [0.5, 0.6) is 5.75 Å². The molecule has 2 aromatic carbocycles. The van der Waals surface area contributed by atoms with Crippen LogP contribution in [0, 0.1) is 0 Å². The van der Waals surface area contributed by atoms with Gasteiger partial charge in [0.1, 0.15) is 5.75 Å².